The molecule has 0 saturated heterocycles. The fraction of sp³-hybridized carbons (Fsp3) is 0.250. The molecule has 0 N–H and O–H groups in total. The van der Waals surface area contributed by atoms with Crippen molar-refractivity contribution in [3.63, 3.8) is 0 Å². The van der Waals surface area contributed by atoms with Crippen LogP contribution in [0.1, 0.15) is 11.3 Å². The number of hydrogen-bond donors (Lipinski definition) is 0. The van der Waals surface area contributed by atoms with Crippen LogP contribution in [-0.4, -0.2) is 9.55 Å². The van der Waals surface area contributed by atoms with Gasteiger partial charge in [-0.05, 0) is 12.1 Å². The summed E-state index contributed by atoms with van der Waals surface area (Å²) in [5.41, 5.74) is -2.18. The molecule has 9 heteroatoms. The maximum Gasteiger partial charge on any atom is 0.434 e. The zero-order chi connectivity index (χ0) is 16.0. The first-order valence-corrected chi connectivity index (χ1v) is 6.27. The van der Waals surface area contributed by atoms with E-state index in [1.165, 1.54) is 13.1 Å². The topological polar surface area (TPSA) is 17.8 Å². The summed E-state index contributed by atoms with van der Waals surface area (Å²) in [6, 6.07) is 3.15. The van der Waals surface area contributed by atoms with Gasteiger partial charge in [-0.1, -0.05) is 22.0 Å². The molecular formula is C12H7BrF6N2. The fourth-order valence-corrected chi connectivity index (χ4v) is 2.22. The first kappa shape index (κ1) is 15.9. The summed E-state index contributed by atoms with van der Waals surface area (Å²) in [5, 5.41) is 0. The minimum Gasteiger partial charge on any atom is -0.333 e. The molecule has 1 heterocycles. The second-order valence-corrected chi connectivity index (χ2v) is 5.11. The van der Waals surface area contributed by atoms with Crippen LogP contribution in [0.4, 0.5) is 26.3 Å². The van der Waals surface area contributed by atoms with Crippen LogP contribution in [-0.2, 0) is 19.4 Å². The van der Waals surface area contributed by atoms with Crippen LogP contribution in [0.15, 0.2) is 28.9 Å². The molecule has 1 aromatic carbocycles. The van der Waals surface area contributed by atoms with Crippen LogP contribution in [0.25, 0.3) is 11.4 Å². The maximum absolute atomic E-state index is 12.8. The second kappa shape index (κ2) is 5.04. The van der Waals surface area contributed by atoms with E-state index >= 15 is 0 Å². The highest BCUT2D eigenvalue weighted by atomic mass is 79.9. The van der Waals surface area contributed by atoms with Crippen molar-refractivity contribution in [1.82, 2.24) is 9.55 Å². The van der Waals surface area contributed by atoms with Crippen molar-refractivity contribution < 1.29 is 26.3 Å². The zero-order valence-electron chi connectivity index (χ0n) is 10.3. The van der Waals surface area contributed by atoms with E-state index in [0.29, 0.717) is 0 Å². The quantitative estimate of drug-likeness (QED) is 0.652. The molecule has 0 radical (unpaired) electrons. The number of rotatable bonds is 1. The summed E-state index contributed by atoms with van der Waals surface area (Å²) in [4.78, 5) is 3.36. The predicted octanol–water partition coefficient (Wildman–Crippen LogP) is 4.89. The van der Waals surface area contributed by atoms with Crippen LogP contribution in [0.5, 0.6) is 0 Å². The first-order valence-electron chi connectivity index (χ1n) is 5.48. The molecular weight excluding hydrogens is 366 g/mol. The Hall–Kier alpha value is -1.51. The van der Waals surface area contributed by atoms with E-state index in [-0.39, 0.29) is 15.9 Å². The smallest absolute Gasteiger partial charge is 0.333 e. The lowest BCUT2D eigenvalue weighted by Crippen LogP contribution is -2.07. The van der Waals surface area contributed by atoms with E-state index in [1.807, 2.05) is 0 Å². The highest BCUT2D eigenvalue weighted by molar-refractivity contribution is 9.10. The Labute approximate surface area is 123 Å². The Morgan fingerprint density at radius 2 is 1.67 bits per heavy atom. The first-order chi connectivity index (χ1) is 9.50. The molecule has 0 saturated carbocycles. The van der Waals surface area contributed by atoms with E-state index < -0.39 is 23.6 Å². The van der Waals surface area contributed by atoms with Crippen LogP contribution >= 0.6 is 15.9 Å². The zero-order valence-corrected chi connectivity index (χ0v) is 11.9. The third kappa shape index (κ3) is 3.22. The van der Waals surface area contributed by atoms with Gasteiger partial charge >= 0.3 is 12.4 Å². The van der Waals surface area contributed by atoms with Gasteiger partial charge in [0.2, 0.25) is 0 Å². The van der Waals surface area contributed by atoms with Gasteiger partial charge in [0, 0.05) is 23.3 Å². The molecule has 0 bridgehead atoms. The predicted molar refractivity (Wildman–Crippen MR) is 66.3 cm³/mol. The lowest BCUT2D eigenvalue weighted by molar-refractivity contribution is -0.141. The molecule has 114 valence electrons. The molecule has 0 atom stereocenters. The molecule has 0 aliphatic heterocycles. The van der Waals surface area contributed by atoms with Crippen LogP contribution in [0.3, 0.4) is 0 Å². The molecule has 0 fully saturated rings. The van der Waals surface area contributed by atoms with Gasteiger partial charge in [0.05, 0.1) is 5.56 Å². The van der Waals surface area contributed by atoms with Crippen molar-refractivity contribution >= 4 is 15.9 Å². The summed E-state index contributed by atoms with van der Waals surface area (Å²) in [6.45, 7) is 0. The van der Waals surface area contributed by atoms with Gasteiger partial charge in [0.15, 0.2) is 5.69 Å². The highest BCUT2D eigenvalue weighted by Gasteiger charge is 2.36. The Kier molecular flexibility index (Phi) is 3.81. The normalized spacial score (nSPS) is 12.8. The minimum atomic E-state index is -4.65. The monoisotopic (exact) mass is 372 g/mol. The van der Waals surface area contributed by atoms with Crippen LogP contribution in [0, 0.1) is 0 Å². The molecule has 2 aromatic rings. The molecule has 0 aliphatic carbocycles. The van der Waals surface area contributed by atoms with Crippen molar-refractivity contribution in [3.8, 4) is 11.4 Å². The Bertz CT molecular complexity index is 671. The molecule has 2 nitrogen and oxygen atoms in total. The molecule has 21 heavy (non-hydrogen) atoms. The fourth-order valence-electron chi connectivity index (χ4n) is 1.75. The van der Waals surface area contributed by atoms with Gasteiger partial charge in [-0.15, -0.1) is 0 Å². The van der Waals surface area contributed by atoms with E-state index in [2.05, 4.69) is 20.9 Å². The van der Waals surface area contributed by atoms with E-state index in [0.717, 1.165) is 22.9 Å². The summed E-state index contributed by atoms with van der Waals surface area (Å²) in [6.07, 6.45) is -8.55. The highest BCUT2D eigenvalue weighted by Crippen LogP contribution is 2.38. The average Bonchev–Trinajstić information content (AvgIpc) is 2.70. The largest absolute Gasteiger partial charge is 0.434 e. The molecule has 1 aromatic heterocycles. The van der Waals surface area contributed by atoms with Gasteiger partial charge in [0.25, 0.3) is 0 Å². The minimum absolute atomic E-state index is 0.0523. The molecule has 0 unspecified atom stereocenters. The number of imidazole rings is 1. The van der Waals surface area contributed by atoms with Crippen molar-refractivity contribution in [2.45, 2.75) is 12.4 Å². The Morgan fingerprint density at radius 3 is 2.14 bits per heavy atom. The van der Waals surface area contributed by atoms with Gasteiger partial charge in [-0.2, -0.15) is 26.3 Å². The summed E-state index contributed by atoms with van der Waals surface area (Å²) in [5.74, 6) is -0.194. The van der Waals surface area contributed by atoms with Gasteiger partial charge < -0.3 is 4.57 Å². The molecule has 2 rings (SSSR count). The summed E-state index contributed by atoms with van der Waals surface area (Å²) < 4.78 is 76.9. The number of nitrogens with zero attached hydrogens (tertiary/aromatic N) is 2. The number of aryl methyl sites for hydroxylation is 1. The van der Waals surface area contributed by atoms with E-state index in [9.17, 15) is 26.3 Å². The van der Waals surface area contributed by atoms with E-state index in [1.54, 1.807) is 0 Å². The molecule has 0 spiro atoms. The Morgan fingerprint density at radius 1 is 1.05 bits per heavy atom. The number of alkyl halides is 6. The van der Waals surface area contributed by atoms with Crippen molar-refractivity contribution in [1.29, 1.82) is 0 Å². The van der Waals surface area contributed by atoms with Crippen molar-refractivity contribution in [3.05, 3.63) is 40.1 Å². The number of halogens is 7. The third-order valence-corrected chi connectivity index (χ3v) is 3.39. The number of benzene rings is 1. The van der Waals surface area contributed by atoms with E-state index in [4.69, 9.17) is 0 Å². The third-order valence-electron chi connectivity index (χ3n) is 2.70. The molecule has 0 amide bonds. The Balaban J connectivity index is 2.56. The SMILES string of the molecule is Cn1cc(C(F)(F)F)nc1-c1ccc(Br)c(C(F)(F)F)c1. The molecule has 0 aliphatic rings. The summed E-state index contributed by atoms with van der Waals surface area (Å²) in [7, 11) is 1.28. The van der Waals surface area contributed by atoms with Crippen molar-refractivity contribution in [2.75, 3.05) is 0 Å². The van der Waals surface area contributed by atoms with Gasteiger partial charge in [-0.25, -0.2) is 4.98 Å². The number of hydrogen-bond acceptors (Lipinski definition) is 1. The lowest BCUT2D eigenvalue weighted by Gasteiger charge is -2.11. The average molecular weight is 373 g/mol. The van der Waals surface area contributed by atoms with Crippen molar-refractivity contribution in [2.24, 2.45) is 7.05 Å². The lowest BCUT2D eigenvalue weighted by atomic mass is 10.1. The second-order valence-electron chi connectivity index (χ2n) is 4.25. The summed E-state index contributed by atoms with van der Waals surface area (Å²) >= 11 is 2.77. The van der Waals surface area contributed by atoms with Gasteiger partial charge in [0.1, 0.15) is 5.82 Å². The van der Waals surface area contributed by atoms with Crippen LogP contribution in [0.2, 0.25) is 0 Å². The number of aromatic nitrogens is 2. The standard InChI is InChI=1S/C12H7BrF6N2/c1-21-5-9(12(17,18)19)20-10(21)6-2-3-8(13)7(4-6)11(14,15)16/h2-5H,1H3. The van der Waals surface area contributed by atoms with Crippen LogP contribution < -0.4 is 0 Å². The maximum atomic E-state index is 12.8. The van der Waals surface area contributed by atoms with Gasteiger partial charge in [-0.3, -0.25) is 0 Å².